The first-order valence-corrected chi connectivity index (χ1v) is 8.46. The molecule has 0 unspecified atom stereocenters. The third kappa shape index (κ3) is 4.14. The molecule has 5 nitrogen and oxygen atoms in total. The largest absolute Gasteiger partial charge is 0.444 e. The van der Waals surface area contributed by atoms with Crippen LogP contribution < -0.4 is 5.32 Å². The summed E-state index contributed by atoms with van der Waals surface area (Å²) in [4.78, 5) is 26.5. The van der Waals surface area contributed by atoms with Gasteiger partial charge in [-0.1, -0.05) is 12.1 Å². The lowest BCUT2D eigenvalue weighted by molar-refractivity contribution is -0.116. The Bertz CT molecular complexity index is 687. The predicted octanol–water partition coefficient (Wildman–Crippen LogP) is 3.47. The minimum atomic E-state index is -0.348. The van der Waals surface area contributed by atoms with Crippen LogP contribution in [-0.4, -0.2) is 36.6 Å². The number of hydrogen-bond acceptors (Lipinski definition) is 4. The van der Waals surface area contributed by atoms with Gasteiger partial charge >= 0.3 is 0 Å². The van der Waals surface area contributed by atoms with Gasteiger partial charge in [-0.2, -0.15) is 0 Å². The molecule has 1 heterocycles. The summed E-state index contributed by atoms with van der Waals surface area (Å²) in [6.07, 6.45) is 1.94. The summed E-state index contributed by atoms with van der Waals surface area (Å²) in [6, 6.07) is 10.7. The number of benzene rings is 1. The van der Waals surface area contributed by atoms with Gasteiger partial charge in [0.25, 0.3) is 5.91 Å². The van der Waals surface area contributed by atoms with E-state index in [-0.39, 0.29) is 24.1 Å². The van der Waals surface area contributed by atoms with Gasteiger partial charge in [-0.3, -0.25) is 9.59 Å². The van der Waals surface area contributed by atoms with Crippen LogP contribution in [0.15, 0.2) is 50.4 Å². The third-order valence-corrected chi connectivity index (χ3v) is 4.11. The van der Waals surface area contributed by atoms with Crippen LogP contribution >= 0.6 is 27.7 Å². The molecule has 2 rings (SSSR count). The number of carbonyl (C=O) groups is 2. The Labute approximate surface area is 141 Å². The highest BCUT2D eigenvalue weighted by Gasteiger charge is 2.18. The summed E-state index contributed by atoms with van der Waals surface area (Å²) in [5.74, 6) is -0.423. The molecule has 1 N–H and O–H groups in total. The van der Waals surface area contributed by atoms with E-state index >= 15 is 0 Å². The van der Waals surface area contributed by atoms with E-state index in [0.29, 0.717) is 4.67 Å². The van der Waals surface area contributed by atoms with E-state index < -0.39 is 0 Å². The second kappa shape index (κ2) is 7.51. The van der Waals surface area contributed by atoms with Crippen LogP contribution in [0.1, 0.15) is 10.6 Å². The van der Waals surface area contributed by atoms with Crippen molar-refractivity contribution in [3.8, 4) is 0 Å². The zero-order valence-electron chi connectivity index (χ0n) is 12.1. The van der Waals surface area contributed by atoms with Crippen molar-refractivity contribution in [1.29, 1.82) is 0 Å². The lowest BCUT2D eigenvalue weighted by Crippen LogP contribution is -2.34. The zero-order valence-corrected chi connectivity index (χ0v) is 14.5. The molecule has 116 valence electrons. The number of thioether (sulfide) groups is 1. The Morgan fingerprint density at radius 1 is 1.27 bits per heavy atom. The van der Waals surface area contributed by atoms with Gasteiger partial charge in [0.2, 0.25) is 5.91 Å². The fraction of sp³-hybridized carbons (Fsp3) is 0.200. The van der Waals surface area contributed by atoms with Gasteiger partial charge in [-0.25, -0.2) is 0 Å². The number of hydrogen-bond donors (Lipinski definition) is 1. The highest BCUT2D eigenvalue weighted by Crippen LogP contribution is 2.24. The highest BCUT2D eigenvalue weighted by atomic mass is 79.9. The van der Waals surface area contributed by atoms with E-state index in [1.54, 1.807) is 30.9 Å². The van der Waals surface area contributed by atoms with Crippen LogP contribution in [0.25, 0.3) is 0 Å². The number of para-hydroxylation sites is 1. The Balaban J connectivity index is 1.98. The number of furan rings is 1. The fourth-order valence-corrected chi connectivity index (χ4v) is 2.70. The molecule has 22 heavy (non-hydrogen) atoms. The van der Waals surface area contributed by atoms with E-state index in [0.717, 1.165) is 10.6 Å². The summed E-state index contributed by atoms with van der Waals surface area (Å²) in [7, 11) is 1.55. The average molecular weight is 383 g/mol. The minimum absolute atomic E-state index is 0.0557. The Hall–Kier alpha value is -1.73. The van der Waals surface area contributed by atoms with Gasteiger partial charge < -0.3 is 14.6 Å². The molecular formula is C15H15BrN2O3S. The van der Waals surface area contributed by atoms with E-state index in [4.69, 9.17) is 4.42 Å². The highest BCUT2D eigenvalue weighted by molar-refractivity contribution is 9.10. The van der Waals surface area contributed by atoms with Gasteiger partial charge in [0.05, 0.1) is 12.2 Å². The number of amides is 2. The van der Waals surface area contributed by atoms with E-state index in [2.05, 4.69) is 21.2 Å². The van der Waals surface area contributed by atoms with Gasteiger partial charge in [0.15, 0.2) is 10.4 Å². The summed E-state index contributed by atoms with van der Waals surface area (Å²) in [5.41, 5.74) is 0.738. The van der Waals surface area contributed by atoms with Crippen molar-refractivity contribution >= 4 is 45.2 Å². The molecule has 0 saturated carbocycles. The number of carbonyl (C=O) groups excluding carboxylic acids is 2. The lowest BCUT2D eigenvalue weighted by atomic mass is 10.3. The lowest BCUT2D eigenvalue weighted by Gasteiger charge is -2.16. The number of anilines is 1. The van der Waals surface area contributed by atoms with Gasteiger partial charge in [0, 0.05) is 11.9 Å². The molecule has 0 radical (unpaired) electrons. The molecule has 2 aromatic rings. The third-order valence-electron chi connectivity index (χ3n) is 2.89. The maximum absolute atomic E-state index is 12.1. The zero-order chi connectivity index (χ0) is 16.1. The number of halogens is 1. The van der Waals surface area contributed by atoms with Crippen molar-refractivity contribution in [3.05, 3.63) is 46.8 Å². The Morgan fingerprint density at radius 2 is 2.00 bits per heavy atom. The SMILES string of the molecule is CSc1ccccc1NC(=O)CN(C)C(=O)c1ccc(Br)o1. The van der Waals surface area contributed by atoms with E-state index in [1.165, 1.54) is 4.90 Å². The van der Waals surface area contributed by atoms with Crippen molar-refractivity contribution in [3.63, 3.8) is 0 Å². The summed E-state index contributed by atoms with van der Waals surface area (Å²) >= 11 is 4.69. The van der Waals surface area contributed by atoms with Crippen molar-refractivity contribution in [2.45, 2.75) is 4.90 Å². The predicted molar refractivity (Wildman–Crippen MR) is 90.2 cm³/mol. The fourth-order valence-electron chi connectivity index (χ4n) is 1.84. The first kappa shape index (κ1) is 16.6. The molecule has 0 aliphatic rings. The van der Waals surface area contributed by atoms with Crippen molar-refractivity contribution in [1.82, 2.24) is 4.90 Å². The molecule has 0 aliphatic carbocycles. The summed E-state index contributed by atoms with van der Waals surface area (Å²) in [5, 5.41) is 2.81. The standard InChI is InChI=1S/C15H15BrN2O3S/c1-18(15(20)11-7-8-13(16)21-11)9-14(19)17-10-5-3-4-6-12(10)22-2/h3-8H,9H2,1-2H3,(H,17,19). The van der Waals surface area contributed by atoms with Crippen LogP contribution in [0.4, 0.5) is 5.69 Å². The number of nitrogens with zero attached hydrogens (tertiary/aromatic N) is 1. The molecule has 0 bridgehead atoms. The number of rotatable bonds is 5. The molecule has 2 amide bonds. The maximum Gasteiger partial charge on any atom is 0.289 e. The van der Waals surface area contributed by atoms with Crippen LogP contribution in [0.5, 0.6) is 0 Å². The van der Waals surface area contributed by atoms with Crippen LogP contribution in [-0.2, 0) is 4.79 Å². The van der Waals surface area contributed by atoms with E-state index in [9.17, 15) is 9.59 Å². The second-order valence-corrected chi connectivity index (χ2v) is 6.14. The molecule has 0 aliphatic heterocycles. The Kier molecular flexibility index (Phi) is 5.68. The molecule has 0 atom stereocenters. The molecule has 1 aromatic heterocycles. The van der Waals surface area contributed by atoms with Crippen LogP contribution in [0.2, 0.25) is 0 Å². The van der Waals surface area contributed by atoms with Gasteiger partial charge in [0.1, 0.15) is 0 Å². The first-order chi connectivity index (χ1) is 10.5. The summed E-state index contributed by atoms with van der Waals surface area (Å²) < 4.78 is 5.67. The summed E-state index contributed by atoms with van der Waals surface area (Å²) in [6.45, 7) is -0.0557. The quantitative estimate of drug-likeness (QED) is 0.804. The number of nitrogens with one attached hydrogen (secondary N) is 1. The molecule has 0 spiro atoms. The smallest absolute Gasteiger partial charge is 0.289 e. The number of likely N-dealkylation sites (N-methyl/N-ethyl adjacent to an activating group) is 1. The van der Waals surface area contributed by atoms with Gasteiger partial charge in [-0.05, 0) is 46.5 Å². The molecular weight excluding hydrogens is 368 g/mol. The van der Waals surface area contributed by atoms with Crippen molar-refractivity contribution in [2.75, 3.05) is 25.2 Å². The second-order valence-electron chi connectivity index (χ2n) is 4.51. The first-order valence-electron chi connectivity index (χ1n) is 6.45. The Morgan fingerprint density at radius 3 is 2.64 bits per heavy atom. The normalized spacial score (nSPS) is 10.3. The topological polar surface area (TPSA) is 62.6 Å². The molecule has 1 aromatic carbocycles. The minimum Gasteiger partial charge on any atom is -0.444 e. The van der Waals surface area contributed by atoms with Crippen molar-refractivity contribution < 1.29 is 14.0 Å². The van der Waals surface area contributed by atoms with Gasteiger partial charge in [-0.15, -0.1) is 11.8 Å². The maximum atomic E-state index is 12.1. The van der Waals surface area contributed by atoms with Crippen molar-refractivity contribution in [2.24, 2.45) is 0 Å². The van der Waals surface area contributed by atoms with E-state index in [1.807, 2.05) is 30.5 Å². The molecule has 0 saturated heterocycles. The van der Waals surface area contributed by atoms with Crippen LogP contribution in [0.3, 0.4) is 0 Å². The monoisotopic (exact) mass is 382 g/mol. The molecule has 0 fully saturated rings. The molecule has 7 heteroatoms. The van der Waals surface area contributed by atoms with Crippen LogP contribution in [0, 0.1) is 0 Å². The average Bonchev–Trinajstić information content (AvgIpc) is 2.93.